The fraction of sp³-hybridized carbons (Fsp3) is 0.364. The summed E-state index contributed by atoms with van der Waals surface area (Å²) in [5, 5.41) is 29.9. The molecule has 1 amide bonds. The fourth-order valence-electron chi connectivity index (χ4n) is 1.08. The molecule has 0 aromatic heterocycles. The minimum atomic E-state index is -1.34. The summed E-state index contributed by atoms with van der Waals surface area (Å²) in [5.74, 6) is -0.411. The molecule has 0 saturated heterocycles. The largest absolute Gasteiger partial charge is 0.508 e. The Bertz CT molecular complexity index is 376. The van der Waals surface area contributed by atoms with E-state index < -0.39 is 18.1 Å². The van der Waals surface area contributed by atoms with Crippen molar-refractivity contribution < 1.29 is 20.1 Å². The lowest BCUT2D eigenvalue weighted by Gasteiger charge is -2.20. The van der Waals surface area contributed by atoms with E-state index >= 15 is 0 Å². The maximum atomic E-state index is 11.5. The lowest BCUT2D eigenvalue weighted by atomic mass is 10.1. The summed E-state index contributed by atoms with van der Waals surface area (Å²) in [6.07, 6.45) is 0. The van der Waals surface area contributed by atoms with Crippen molar-refractivity contribution in [2.75, 3.05) is 13.2 Å². The summed E-state index contributed by atoms with van der Waals surface area (Å²) in [5.41, 5.74) is -1.04. The van der Waals surface area contributed by atoms with Crippen LogP contribution in [0.5, 0.6) is 5.75 Å². The number of carbonyl (C=O) groups is 1. The molecule has 1 aromatic carbocycles. The van der Waals surface area contributed by atoms with Gasteiger partial charge in [-0.1, -0.05) is 6.07 Å². The van der Waals surface area contributed by atoms with Crippen LogP contribution in [-0.2, 0) is 0 Å². The smallest absolute Gasteiger partial charge is 0.251 e. The predicted octanol–water partition coefficient (Wildman–Crippen LogP) is -0.135. The van der Waals surface area contributed by atoms with Crippen molar-refractivity contribution >= 4 is 5.91 Å². The molecule has 16 heavy (non-hydrogen) atoms. The third-order valence-corrected chi connectivity index (χ3v) is 2.08. The van der Waals surface area contributed by atoms with Gasteiger partial charge in [-0.3, -0.25) is 4.79 Å². The second-order valence-electron chi connectivity index (χ2n) is 3.89. The number of phenols is 1. The number of amides is 1. The zero-order valence-electron chi connectivity index (χ0n) is 8.97. The molecule has 5 nitrogen and oxygen atoms in total. The number of phenolic OH excluding ortho intramolecular Hbond substituents is 1. The van der Waals surface area contributed by atoms with Crippen molar-refractivity contribution in [3.05, 3.63) is 29.8 Å². The lowest BCUT2D eigenvalue weighted by Crippen LogP contribution is -2.43. The van der Waals surface area contributed by atoms with E-state index in [0.717, 1.165) is 0 Å². The van der Waals surface area contributed by atoms with Gasteiger partial charge in [0.05, 0.1) is 6.61 Å². The van der Waals surface area contributed by atoms with Crippen molar-refractivity contribution in [3.63, 3.8) is 0 Å². The number of aliphatic hydroxyl groups is 2. The van der Waals surface area contributed by atoms with E-state index in [1.54, 1.807) is 12.1 Å². The van der Waals surface area contributed by atoms with Crippen molar-refractivity contribution in [3.8, 4) is 5.75 Å². The summed E-state index contributed by atoms with van der Waals surface area (Å²) < 4.78 is 0. The Morgan fingerprint density at radius 3 is 2.75 bits per heavy atom. The number of aliphatic hydroxyl groups excluding tert-OH is 1. The molecule has 5 heteroatoms. The number of aromatic hydroxyl groups is 1. The SMILES string of the molecule is CC(O)(CO)CNC(=O)c1cccc(O)c1. The van der Waals surface area contributed by atoms with Gasteiger partial charge < -0.3 is 20.6 Å². The maximum absolute atomic E-state index is 11.5. The predicted molar refractivity (Wildman–Crippen MR) is 58.1 cm³/mol. The van der Waals surface area contributed by atoms with E-state index in [2.05, 4.69) is 5.32 Å². The summed E-state index contributed by atoms with van der Waals surface area (Å²) in [4.78, 5) is 11.5. The van der Waals surface area contributed by atoms with Crippen LogP contribution in [-0.4, -0.2) is 40.0 Å². The van der Waals surface area contributed by atoms with E-state index in [0.29, 0.717) is 5.56 Å². The van der Waals surface area contributed by atoms with Gasteiger partial charge in [0.15, 0.2) is 0 Å². The van der Waals surface area contributed by atoms with Crippen molar-refractivity contribution in [1.29, 1.82) is 0 Å². The lowest BCUT2D eigenvalue weighted by molar-refractivity contribution is 0.00320. The van der Waals surface area contributed by atoms with Gasteiger partial charge in [0.25, 0.3) is 5.91 Å². The zero-order valence-corrected chi connectivity index (χ0v) is 8.97. The Kier molecular flexibility index (Phi) is 3.87. The Morgan fingerprint density at radius 1 is 1.50 bits per heavy atom. The third kappa shape index (κ3) is 3.52. The minimum Gasteiger partial charge on any atom is -0.508 e. The van der Waals surface area contributed by atoms with Gasteiger partial charge in [-0.15, -0.1) is 0 Å². The first kappa shape index (κ1) is 12.5. The molecule has 0 saturated carbocycles. The summed E-state index contributed by atoms with van der Waals surface area (Å²) in [7, 11) is 0. The zero-order chi connectivity index (χ0) is 12.2. The average Bonchev–Trinajstić information content (AvgIpc) is 2.26. The summed E-state index contributed by atoms with van der Waals surface area (Å²) in [6, 6.07) is 5.88. The molecule has 0 fully saturated rings. The first-order valence-electron chi connectivity index (χ1n) is 4.85. The standard InChI is InChI=1S/C11H15NO4/c1-11(16,7-13)6-12-10(15)8-3-2-4-9(14)5-8/h2-5,13-14,16H,6-7H2,1H3,(H,12,15). The molecule has 0 aliphatic carbocycles. The normalized spacial score (nSPS) is 14.2. The Hall–Kier alpha value is -1.59. The van der Waals surface area contributed by atoms with Gasteiger partial charge in [0.2, 0.25) is 0 Å². The third-order valence-electron chi connectivity index (χ3n) is 2.08. The van der Waals surface area contributed by atoms with E-state index in [4.69, 9.17) is 10.2 Å². The Labute approximate surface area is 93.4 Å². The summed E-state index contributed by atoms with van der Waals surface area (Å²) >= 11 is 0. The van der Waals surface area contributed by atoms with Crippen LogP contribution in [0.4, 0.5) is 0 Å². The van der Waals surface area contributed by atoms with Crippen LogP contribution in [0.1, 0.15) is 17.3 Å². The van der Waals surface area contributed by atoms with Gasteiger partial charge in [0, 0.05) is 12.1 Å². The van der Waals surface area contributed by atoms with Crippen molar-refractivity contribution in [2.45, 2.75) is 12.5 Å². The number of hydrogen-bond donors (Lipinski definition) is 4. The van der Waals surface area contributed by atoms with Crippen molar-refractivity contribution in [2.24, 2.45) is 0 Å². The van der Waals surface area contributed by atoms with E-state index in [1.165, 1.54) is 19.1 Å². The molecule has 1 aromatic rings. The molecule has 1 unspecified atom stereocenters. The molecule has 0 radical (unpaired) electrons. The molecule has 1 atom stereocenters. The second kappa shape index (κ2) is 4.96. The maximum Gasteiger partial charge on any atom is 0.251 e. The Morgan fingerprint density at radius 2 is 2.19 bits per heavy atom. The molecule has 1 rings (SSSR count). The van der Waals surface area contributed by atoms with Crippen molar-refractivity contribution in [1.82, 2.24) is 5.32 Å². The van der Waals surface area contributed by atoms with Crippen LogP contribution in [0, 0.1) is 0 Å². The molecule has 0 heterocycles. The highest BCUT2D eigenvalue weighted by molar-refractivity contribution is 5.94. The quantitative estimate of drug-likeness (QED) is 0.574. The molecule has 0 spiro atoms. The minimum absolute atomic E-state index is 0.00145. The number of carbonyl (C=O) groups excluding carboxylic acids is 1. The van der Waals surface area contributed by atoms with Gasteiger partial charge in [-0.2, -0.15) is 0 Å². The number of nitrogens with one attached hydrogen (secondary N) is 1. The Balaban J connectivity index is 2.60. The molecule has 4 N–H and O–H groups in total. The topological polar surface area (TPSA) is 89.8 Å². The number of hydrogen-bond acceptors (Lipinski definition) is 4. The van der Waals surface area contributed by atoms with Crippen LogP contribution in [0.15, 0.2) is 24.3 Å². The highest BCUT2D eigenvalue weighted by atomic mass is 16.3. The summed E-state index contributed by atoms with van der Waals surface area (Å²) in [6.45, 7) is 0.918. The van der Waals surface area contributed by atoms with Gasteiger partial charge in [-0.05, 0) is 25.1 Å². The van der Waals surface area contributed by atoms with Crippen LogP contribution < -0.4 is 5.32 Å². The molecule has 88 valence electrons. The molecular weight excluding hydrogens is 210 g/mol. The highest BCUT2D eigenvalue weighted by Gasteiger charge is 2.20. The van der Waals surface area contributed by atoms with Gasteiger partial charge >= 0.3 is 0 Å². The molecule has 0 bridgehead atoms. The van der Waals surface area contributed by atoms with Crippen LogP contribution >= 0.6 is 0 Å². The van der Waals surface area contributed by atoms with E-state index in [-0.39, 0.29) is 12.3 Å². The van der Waals surface area contributed by atoms with E-state index in [9.17, 15) is 9.90 Å². The van der Waals surface area contributed by atoms with Crippen LogP contribution in [0.25, 0.3) is 0 Å². The molecule has 0 aliphatic rings. The monoisotopic (exact) mass is 225 g/mol. The number of benzene rings is 1. The van der Waals surface area contributed by atoms with Gasteiger partial charge in [0.1, 0.15) is 11.4 Å². The van der Waals surface area contributed by atoms with E-state index in [1.807, 2.05) is 0 Å². The highest BCUT2D eigenvalue weighted by Crippen LogP contribution is 2.10. The van der Waals surface area contributed by atoms with Crippen LogP contribution in [0.2, 0.25) is 0 Å². The van der Waals surface area contributed by atoms with Gasteiger partial charge in [-0.25, -0.2) is 0 Å². The average molecular weight is 225 g/mol. The first-order chi connectivity index (χ1) is 7.44. The van der Waals surface area contributed by atoms with Crippen LogP contribution in [0.3, 0.4) is 0 Å². The second-order valence-corrected chi connectivity index (χ2v) is 3.89. The number of rotatable bonds is 4. The first-order valence-corrected chi connectivity index (χ1v) is 4.85. The molecular formula is C11H15NO4. The fourth-order valence-corrected chi connectivity index (χ4v) is 1.08. The molecule has 0 aliphatic heterocycles.